The maximum absolute atomic E-state index is 2.60. The second-order valence-corrected chi connectivity index (χ2v) is 6.77. The molecule has 1 nitrogen and oxygen atoms in total. The first kappa shape index (κ1) is 14.7. The molecule has 2 aliphatic rings. The first-order chi connectivity index (χ1) is 11.4. The molecule has 0 atom stereocenters. The minimum absolute atomic E-state index is 1.15. The highest BCUT2D eigenvalue weighted by atomic mass is 15.1. The van der Waals surface area contributed by atoms with Crippen LogP contribution < -0.4 is 0 Å². The Labute approximate surface area is 139 Å². The third kappa shape index (κ3) is 3.11. The maximum Gasteiger partial charge on any atom is 0.00162 e. The fourth-order valence-corrected chi connectivity index (χ4v) is 4.03. The second kappa shape index (κ2) is 6.72. The van der Waals surface area contributed by atoms with Gasteiger partial charge in [0.05, 0.1) is 0 Å². The van der Waals surface area contributed by atoms with Crippen molar-refractivity contribution in [3.63, 3.8) is 0 Å². The summed E-state index contributed by atoms with van der Waals surface area (Å²) in [6.45, 7) is 3.78. The number of rotatable bonds is 3. The standard InChI is InChI=1S/C22H25N/c1-3-10-20-18(8-1)13-14-19-9-2-4-11-21(19)22(20)12-7-17-23-15-5-6-16-23/h1-4,8-12H,5-7,13-17H2. The van der Waals surface area contributed by atoms with E-state index >= 15 is 0 Å². The number of hydrogen-bond donors (Lipinski definition) is 0. The zero-order valence-electron chi connectivity index (χ0n) is 13.8. The van der Waals surface area contributed by atoms with Crippen molar-refractivity contribution >= 4 is 5.57 Å². The summed E-state index contributed by atoms with van der Waals surface area (Å²) in [5.41, 5.74) is 7.33. The zero-order chi connectivity index (χ0) is 15.5. The summed E-state index contributed by atoms with van der Waals surface area (Å²) in [6, 6.07) is 17.9. The minimum Gasteiger partial charge on any atom is -0.303 e. The fraction of sp³-hybridized carbons (Fsp3) is 0.364. The highest BCUT2D eigenvalue weighted by Gasteiger charge is 2.17. The molecule has 0 radical (unpaired) electrons. The summed E-state index contributed by atoms with van der Waals surface area (Å²) in [7, 11) is 0. The van der Waals surface area contributed by atoms with Crippen molar-refractivity contribution in [2.24, 2.45) is 0 Å². The number of nitrogens with zero attached hydrogens (tertiary/aromatic N) is 1. The summed E-state index contributed by atoms with van der Waals surface area (Å²) in [4.78, 5) is 2.60. The van der Waals surface area contributed by atoms with Crippen LogP contribution >= 0.6 is 0 Å². The van der Waals surface area contributed by atoms with Crippen LogP contribution in [0.1, 0.15) is 41.5 Å². The van der Waals surface area contributed by atoms with Gasteiger partial charge in [-0.2, -0.15) is 0 Å². The summed E-state index contributed by atoms with van der Waals surface area (Å²) >= 11 is 0. The Morgan fingerprint density at radius 3 is 1.96 bits per heavy atom. The topological polar surface area (TPSA) is 3.24 Å². The van der Waals surface area contributed by atoms with Crippen LogP contribution in [0.5, 0.6) is 0 Å². The molecule has 0 spiro atoms. The molecule has 0 aromatic heterocycles. The molecule has 2 aromatic rings. The normalized spacial score (nSPS) is 17.5. The van der Waals surface area contributed by atoms with Crippen molar-refractivity contribution in [2.45, 2.75) is 32.1 Å². The third-order valence-corrected chi connectivity index (χ3v) is 5.27. The lowest BCUT2D eigenvalue weighted by atomic mass is 9.93. The molecule has 1 aliphatic heterocycles. The van der Waals surface area contributed by atoms with Gasteiger partial charge in [0, 0.05) is 6.54 Å². The highest BCUT2D eigenvalue weighted by Crippen LogP contribution is 2.33. The largest absolute Gasteiger partial charge is 0.303 e. The molecule has 0 bridgehead atoms. The van der Waals surface area contributed by atoms with Gasteiger partial charge in [-0.25, -0.2) is 0 Å². The van der Waals surface area contributed by atoms with E-state index in [9.17, 15) is 0 Å². The summed E-state index contributed by atoms with van der Waals surface area (Å²) < 4.78 is 0. The van der Waals surface area contributed by atoms with E-state index in [2.05, 4.69) is 59.5 Å². The summed E-state index contributed by atoms with van der Waals surface area (Å²) in [6.07, 6.45) is 8.69. The van der Waals surface area contributed by atoms with E-state index in [0.717, 1.165) is 19.3 Å². The Morgan fingerprint density at radius 1 is 0.783 bits per heavy atom. The van der Waals surface area contributed by atoms with Gasteiger partial charge in [-0.3, -0.25) is 0 Å². The Morgan fingerprint density at radius 2 is 1.35 bits per heavy atom. The van der Waals surface area contributed by atoms with Crippen molar-refractivity contribution in [2.75, 3.05) is 19.6 Å². The number of aryl methyl sites for hydroxylation is 2. The van der Waals surface area contributed by atoms with E-state index in [4.69, 9.17) is 0 Å². The van der Waals surface area contributed by atoms with Crippen molar-refractivity contribution in [3.8, 4) is 0 Å². The predicted molar refractivity (Wildman–Crippen MR) is 97.7 cm³/mol. The van der Waals surface area contributed by atoms with Crippen LogP contribution in [0.4, 0.5) is 0 Å². The van der Waals surface area contributed by atoms with E-state index in [-0.39, 0.29) is 0 Å². The van der Waals surface area contributed by atoms with E-state index < -0.39 is 0 Å². The predicted octanol–water partition coefficient (Wildman–Crippen LogP) is 4.70. The molecule has 1 aliphatic carbocycles. The zero-order valence-corrected chi connectivity index (χ0v) is 13.8. The molecule has 0 unspecified atom stereocenters. The minimum atomic E-state index is 1.15. The van der Waals surface area contributed by atoms with Crippen molar-refractivity contribution in [1.29, 1.82) is 0 Å². The molecule has 118 valence electrons. The Balaban J connectivity index is 1.68. The summed E-state index contributed by atoms with van der Waals surface area (Å²) in [5, 5.41) is 0. The van der Waals surface area contributed by atoms with Crippen molar-refractivity contribution < 1.29 is 0 Å². The van der Waals surface area contributed by atoms with Crippen LogP contribution in [-0.2, 0) is 12.8 Å². The molecule has 1 heteroatoms. The Kier molecular flexibility index (Phi) is 4.30. The lowest BCUT2D eigenvalue weighted by Gasteiger charge is -2.15. The Bertz CT molecular complexity index is 658. The van der Waals surface area contributed by atoms with Gasteiger partial charge in [-0.05, 0) is 73.0 Å². The van der Waals surface area contributed by atoms with Gasteiger partial charge in [0.15, 0.2) is 0 Å². The molecular formula is C22H25N. The summed E-state index contributed by atoms with van der Waals surface area (Å²) in [5.74, 6) is 0. The van der Waals surface area contributed by atoms with Gasteiger partial charge in [0.1, 0.15) is 0 Å². The molecule has 1 saturated heterocycles. The first-order valence-electron chi connectivity index (χ1n) is 9.01. The van der Waals surface area contributed by atoms with E-state index in [0.29, 0.717) is 0 Å². The highest BCUT2D eigenvalue weighted by molar-refractivity contribution is 5.83. The Hall–Kier alpha value is -1.86. The number of likely N-dealkylation sites (tertiary alicyclic amines) is 1. The average Bonchev–Trinajstić information content (AvgIpc) is 3.06. The van der Waals surface area contributed by atoms with Gasteiger partial charge in [-0.15, -0.1) is 0 Å². The maximum atomic E-state index is 2.60. The molecule has 0 amide bonds. The van der Waals surface area contributed by atoms with Gasteiger partial charge in [0.2, 0.25) is 0 Å². The lowest BCUT2D eigenvalue weighted by molar-refractivity contribution is 0.346. The SMILES string of the molecule is C(CCN1CCCC1)=C1c2ccccc2CCc2ccccc21. The van der Waals surface area contributed by atoms with E-state index in [1.165, 1.54) is 60.3 Å². The number of benzene rings is 2. The van der Waals surface area contributed by atoms with Gasteiger partial charge < -0.3 is 4.90 Å². The van der Waals surface area contributed by atoms with Crippen LogP contribution in [0.2, 0.25) is 0 Å². The van der Waals surface area contributed by atoms with Crippen LogP contribution in [-0.4, -0.2) is 24.5 Å². The second-order valence-electron chi connectivity index (χ2n) is 6.77. The van der Waals surface area contributed by atoms with E-state index in [1.807, 2.05) is 0 Å². The molecule has 0 N–H and O–H groups in total. The van der Waals surface area contributed by atoms with Gasteiger partial charge >= 0.3 is 0 Å². The molecule has 0 saturated carbocycles. The quantitative estimate of drug-likeness (QED) is 0.794. The monoisotopic (exact) mass is 303 g/mol. The smallest absolute Gasteiger partial charge is 0.00162 e. The molecular weight excluding hydrogens is 278 g/mol. The molecule has 1 heterocycles. The van der Waals surface area contributed by atoms with Crippen LogP contribution in [0.15, 0.2) is 54.6 Å². The first-order valence-corrected chi connectivity index (χ1v) is 9.01. The van der Waals surface area contributed by atoms with Gasteiger partial charge in [0.25, 0.3) is 0 Å². The van der Waals surface area contributed by atoms with Crippen LogP contribution in [0.3, 0.4) is 0 Å². The molecule has 1 fully saturated rings. The lowest BCUT2D eigenvalue weighted by Crippen LogP contribution is -2.19. The molecule has 23 heavy (non-hydrogen) atoms. The average molecular weight is 303 g/mol. The molecule has 4 rings (SSSR count). The van der Waals surface area contributed by atoms with Gasteiger partial charge in [-0.1, -0.05) is 54.6 Å². The van der Waals surface area contributed by atoms with Crippen LogP contribution in [0.25, 0.3) is 5.57 Å². The number of fused-ring (bicyclic) bond motifs is 2. The molecule has 2 aromatic carbocycles. The van der Waals surface area contributed by atoms with Crippen molar-refractivity contribution in [1.82, 2.24) is 4.90 Å². The van der Waals surface area contributed by atoms with E-state index in [1.54, 1.807) is 0 Å². The number of hydrogen-bond acceptors (Lipinski definition) is 1. The van der Waals surface area contributed by atoms with Crippen LogP contribution in [0, 0.1) is 0 Å². The third-order valence-electron chi connectivity index (χ3n) is 5.27. The van der Waals surface area contributed by atoms with Crippen molar-refractivity contribution in [3.05, 3.63) is 76.9 Å². The fourth-order valence-electron chi connectivity index (χ4n) is 4.03.